The van der Waals surface area contributed by atoms with Crippen molar-refractivity contribution in [2.24, 2.45) is 0 Å². The maximum Gasteiger partial charge on any atom is 0.331 e. The number of aliphatic carboxylic acids is 2. The molecule has 0 bridgehead atoms. The zero-order chi connectivity index (χ0) is 16.2. The Morgan fingerprint density at radius 2 is 1.81 bits per heavy atom. The van der Waals surface area contributed by atoms with Crippen LogP contribution in [0.4, 0.5) is 0 Å². The van der Waals surface area contributed by atoms with E-state index in [2.05, 4.69) is 19.6 Å². The van der Waals surface area contributed by atoms with Crippen molar-refractivity contribution in [3.8, 4) is 0 Å². The van der Waals surface area contributed by atoms with Crippen molar-refractivity contribution in [1.82, 2.24) is 0 Å². The molecule has 1 aliphatic rings. The van der Waals surface area contributed by atoms with Gasteiger partial charge in [0.15, 0.2) is 0 Å². The lowest BCUT2D eigenvalue weighted by molar-refractivity contribution is -0.135. The summed E-state index contributed by atoms with van der Waals surface area (Å²) in [6.07, 6.45) is 2.53. The minimum atomic E-state index is -2.13. The Morgan fingerprint density at radius 1 is 1.19 bits per heavy atom. The molecule has 120 valence electrons. The van der Waals surface area contributed by atoms with E-state index in [1.54, 1.807) is 0 Å². The molecule has 0 spiro atoms. The van der Waals surface area contributed by atoms with E-state index in [0.717, 1.165) is 18.9 Å². The van der Waals surface area contributed by atoms with E-state index in [0.29, 0.717) is 13.0 Å². The molecule has 0 aromatic carbocycles. The second-order valence-corrected chi connectivity index (χ2v) is 14.5. The molecule has 1 aliphatic heterocycles. The fourth-order valence-corrected chi connectivity index (χ4v) is 8.31. The second kappa shape index (κ2) is 7.37. The van der Waals surface area contributed by atoms with Gasteiger partial charge in [-0.2, -0.15) is 0 Å². The average molecular weight is 331 g/mol. The first kappa shape index (κ1) is 18.1. The van der Waals surface area contributed by atoms with Gasteiger partial charge in [-0.3, -0.25) is 0 Å². The van der Waals surface area contributed by atoms with Gasteiger partial charge in [0.1, 0.15) is 0 Å². The van der Waals surface area contributed by atoms with Crippen LogP contribution < -0.4 is 0 Å². The van der Waals surface area contributed by atoms with Gasteiger partial charge in [0, 0.05) is 12.2 Å². The molecule has 2 N–H and O–H groups in total. The van der Waals surface area contributed by atoms with E-state index in [9.17, 15) is 19.8 Å². The third-order valence-corrected chi connectivity index (χ3v) is 9.62. The standard InChI is InChI=1S/C14H26O5Si2/c1-5-10(21(2,3)4)11(13(15)16)12(14(17)18)20-9-7-6-8-19-20/h10,20H,5-9H2,1-4H3,(H,15,16)(H,17,18)/b12-11-. The molecule has 0 aliphatic carbocycles. The Labute approximate surface area is 128 Å². The van der Waals surface area contributed by atoms with Crippen LogP contribution in [-0.4, -0.2) is 45.9 Å². The largest absolute Gasteiger partial charge is 0.478 e. The molecule has 0 radical (unpaired) electrons. The first-order valence-corrected chi connectivity index (χ1v) is 13.0. The van der Waals surface area contributed by atoms with Crippen molar-refractivity contribution >= 4 is 29.1 Å². The van der Waals surface area contributed by atoms with Crippen LogP contribution in [0.15, 0.2) is 10.8 Å². The van der Waals surface area contributed by atoms with Crippen molar-refractivity contribution in [2.45, 2.75) is 57.4 Å². The molecule has 5 nitrogen and oxygen atoms in total. The summed E-state index contributed by atoms with van der Waals surface area (Å²) in [5.41, 5.74) is -0.0261. The zero-order valence-electron chi connectivity index (χ0n) is 13.3. The van der Waals surface area contributed by atoms with Crippen molar-refractivity contribution in [3.63, 3.8) is 0 Å². The highest BCUT2D eigenvalue weighted by molar-refractivity contribution is 6.79. The molecule has 0 saturated carbocycles. The Hall–Kier alpha value is -0.926. The van der Waals surface area contributed by atoms with Crippen molar-refractivity contribution in [1.29, 1.82) is 0 Å². The topological polar surface area (TPSA) is 83.8 Å². The van der Waals surface area contributed by atoms with Crippen LogP contribution in [-0.2, 0) is 14.0 Å². The van der Waals surface area contributed by atoms with Gasteiger partial charge in [0.05, 0.1) is 13.3 Å². The molecule has 0 amide bonds. The summed E-state index contributed by atoms with van der Waals surface area (Å²) in [6.45, 7) is 8.77. The van der Waals surface area contributed by atoms with Crippen molar-refractivity contribution in [3.05, 3.63) is 10.8 Å². The summed E-state index contributed by atoms with van der Waals surface area (Å²) < 4.78 is 5.69. The molecular formula is C14H26O5Si2. The zero-order valence-corrected chi connectivity index (χ0v) is 15.5. The van der Waals surface area contributed by atoms with Crippen molar-refractivity contribution < 1.29 is 24.2 Å². The molecule has 2 atom stereocenters. The van der Waals surface area contributed by atoms with E-state index in [-0.39, 0.29) is 16.3 Å². The second-order valence-electron chi connectivity index (χ2n) is 6.62. The number of hydrogen-bond acceptors (Lipinski definition) is 3. The maximum absolute atomic E-state index is 11.8. The first-order valence-electron chi connectivity index (χ1n) is 7.52. The van der Waals surface area contributed by atoms with Crippen LogP contribution in [0.5, 0.6) is 0 Å². The first-order chi connectivity index (χ1) is 9.70. The summed E-state index contributed by atoms with van der Waals surface area (Å²) in [5, 5.41) is 19.4. The molecule has 0 aromatic rings. The molecule has 0 aromatic heterocycles. The molecule has 1 saturated heterocycles. The van der Waals surface area contributed by atoms with Gasteiger partial charge < -0.3 is 14.6 Å². The monoisotopic (exact) mass is 330 g/mol. The minimum Gasteiger partial charge on any atom is -0.478 e. The predicted octanol–water partition coefficient (Wildman–Crippen LogP) is 2.64. The summed E-state index contributed by atoms with van der Waals surface area (Å²) in [6, 6.07) is 0.723. The highest BCUT2D eigenvalue weighted by Gasteiger charge is 2.39. The maximum atomic E-state index is 11.8. The molecule has 7 heteroatoms. The molecule has 1 heterocycles. The number of hydrogen-bond donors (Lipinski definition) is 2. The highest BCUT2D eigenvalue weighted by atomic mass is 28.3. The summed E-state index contributed by atoms with van der Waals surface area (Å²) in [5.74, 6) is -2.17. The van der Waals surface area contributed by atoms with Gasteiger partial charge in [-0.25, -0.2) is 9.59 Å². The van der Waals surface area contributed by atoms with Crippen LogP contribution in [0.1, 0.15) is 26.2 Å². The van der Waals surface area contributed by atoms with E-state index in [4.69, 9.17) is 4.43 Å². The van der Waals surface area contributed by atoms with E-state index >= 15 is 0 Å². The minimum absolute atomic E-state index is 0.108. The van der Waals surface area contributed by atoms with Crippen LogP contribution in [0.3, 0.4) is 0 Å². The molecule has 1 rings (SSSR count). The number of rotatable bonds is 6. The van der Waals surface area contributed by atoms with E-state index in [1.165, 1.54) is 0 Å². The number of carboxylic acids is 2. The van der Waals surface area contributed by atoms with Crippen LogP contribution in [0.2, 0.25) is 31.2 Å². The van der Waals surface area contributed by atoms with Gasteiger partial charge in [-0.1, -0.05) is 39.4 Å². The Bertz CT molecular complexity index is 433. The third-order valence-electron chi connectivity index (χ3n) is 4.05. The van der Waals surface area contributed by atoms with E-state index in [1.807, 2.05) is 6.92 Å². The van der Waals surface area contributed by atoms with Crippen LogP contribution in [0.25, 0.3) is 0 Å². The Kier molecular flexibility index (Phi) is 6.36. The number of carboxylic acid groups (broad SMARTS) is 2. The molecular weight excluding hydrogens is 304 g/mol. The summed E-state index contributed by atoms with van der Waals surface area (Å²) in [7, 11) is -3.95. The van der Waals surface area contributed by atoms with Gasteiger partial charge in [-0.05, 0) is 18.0 Å². The van der Waals surface area contributed by atoms with Gasteiger partial charge >= 0.3 is 11.9 Å². The van der Waals surface area contributed by atoms with Crippen LogP contribution >= 0.6 is 0 Å². The smallest absolute Gasteiger partial charge is 0.331 e. The van der Waals surface area contributed by atoms with Gasteiger partial charge in [-0.15, -0.1) is 0 Å². The quantitative estimate of drug-likeness (QED) is 0.578. The normalized spacial score (nSPS) is 22.4. The molecule has 2 unspecified atom stereocenters. The summed E-state index contributed by atoms with van der Waals surface area (Å²) in [4.78, 5) is 23.5. The van der Waals surface area contributed by atoms with Gasteiger partial charge in [0.25, 0.3) is 0 Å². The van der Waals surface area contributed by atoms with Gasteiger partial charge in [0.2, 0.25) is 9.04 Å². The van der Waals surface area contributed by atoms with E-state index < -0.39 is 29.1 Å². The number of carbonyl (C=O) groups is 2. The fourth-order valence-electron chi connectivity index (χ4n) is 3.10. The lowest BCUT2D eigenvalue weighted by Crippen LogP contribution is -2.38. The predicted molar refractivity (Wildman–Crippen MR) is 86.8 cm³/mol. The SMILES string of the molecule is CCC(/C(C(=O)O)=C(\C(=O)O)[SiH]1CCCCO1)[Si](C)(C)C. The Balaban J connectivity index is 3.40. The third kappa shape index (κ3) is 4.52. The van der Waals surface area contributed by atoms with Crippen LogP contribution in [0, 0.1) is 0 Å². The molecule has 1 fully saturated rings. The average Bonchev–Trinajstić information content (AvgIpc) is 2.37. The lowest BCUT2D eigenvalue weighted by atomic mass is 10.1. The lowest BCUT2D eigenvalue weighted by Gasteiger charge is -2.31. The van der Waals surface area contributed by atoms with Crippen molar-refractivity contribution in [2.75, 3.05) is 6.61 Å². The fraction of sp³-hybridized carbons (Fsp3) is 0.714. The summed E-state index contributed by atoms with van der Waals surface area (Å²) >= 11 is 0. The molecule has 21 heavy (non-hydrogen) atoms. The Morgan fingerprint density at radius 3 is 2.14 bits per heavy atom. The highest BCUT2D eigenvalue weighted by Crippen LogP contribution is 2.36.